The predicted molar refractivity (Wildman–Crippen MR) is 53.1 cm³/mol. The van der Waals surface area contributed by atoms with Crippen LogP contribution in [0.15, 0.2) is 18.2 Å². The minimum atomic E-state index is 0.389. The van der Waals surface area contributed by atoms with Gasteiger partial charge in [0.05, 0.1) is 6.04 Å². The Kier molecular flexibility index (Phi) is 2.23. The van der Waals surface area contributed by atoms with Crippen molar-refractivity contribution in [3.05, 3.63) is 29.3 Å². The van der Waals surface area contributed by atoms with Crippen molar-refractivity contribution in [2.45, 2.75) is 19.9 Å². The van der Waals surface area contributed by atoms with Crippen molar-refractivity contribution in [3.63, 3.8) is 0 Å². The average molecular weight is 177 g/mol. The van der Waals surface area contributed by atoms with Gasteiger partial charge in [-0.05, 0) is 19.0 Å². The van der Waals surface area contributed by atoms with Gasteiger partial charge in [0, 0.05) is 5.56 Å². The SMILES string of the molecule is CCNC1COc2c(C)cccc21. The van der Waals surface area contributed by atoms with E-state index in [4.69, 9.17) is 4.74 Å². The third-order valence-corrected chi connectivity index (χ3v) is 2.46. The first-order valence-corrected chi connectivity index (χ1v) is 4.78. The molecule has 1 atom stereocenters. The molecule has 2 heteroatoms. The summed E-state index contributed by atoms with van der Waals surface area (Å²) in [5.41, 5.74) is 2.54. The van der Waals surface area contributed by atoms with Crippen molar-refractivity contribution in [2.24, 2.45) is 0 Å². The highest BCUT2D eigenvalue weighted by Crippen LogP contribution is 2.34. The summed E-state index contributed by atoms with van der Waals surface area (Å²) in [6.45, 7) is 5.97. The summed E-state index contributed by atoms with van der Waals surface area (Å²) in [5, 5.41) is 3.40. The van der Waals surface area contributed by atoms with Gasteiger partial charge in [-0.3, -0.25) is 0 Å². The molecule has 0 aliphatic carbocycles. The van der Waals surface area contributed by atoms with E-state index in [1.807, 2.05) is 0 Å². The number of rotatable bonds is 2. The van der Waals surface area contributed by atoms with Gasteiger partial charge in [-0.25, -0.2) is 0 Å². The molecule has 1 aliphatic rings. The Labute approximate surface area is 78.9 Å². The van der Waals surface area contributed by atoms with Gasteiger partial charge in [-0.15, -0.1) is 0 Å². The van der Waals surface area contributed by atoms with Crippen LogP contribution >= 0.6 is 0 Å². The highest BCUT2D eigenvalue weighted by molar-refractivity contribution is 5.45. The van der Waals surface area contributed by atoms with Crippen LogP contribution in [0.25, 0.3) is 0 Å². The van der Waals surface area contributed by atoms with E-state index in [0.29, 0.717) is 6.04 Å². The summed E-state index contributed by atoms with van der Waals surface area (Å²) in [6.07, 6.45) is 0. The Bertz CT molecular complexity index is 309. The van der Waals surface area contributed by atoms with E-state index in [-0.39, 0.29) is 0 Å². The summed E-state index contributed by atoms with van der Waals surface area (Å²) < 4.78 is 5.63. The molecule has 0 saturated carbocycles. The van der Waals surface area contributed by atoms with Crippen molar-refractivity contribution in [3.8, 4) is 5.75 Å². The Morgan fingerprint density at radius 2 is 2.38 bits per heavy atom. The quantitative estimate of drug-likeness (QED) is 0.746. The summed E-state index contributed by atoms with van der Waals surface area (Å²) in [5.74, 6) is 1.08. The second-order valence-corrected chi connectivity index (χ2v) is 3.41. The van der Waals surface area contributed by atoms with Gasteiger partial charge in [0.25, 0.3) is 0 Å². The summed E-state index contributed by atoms with van der Waals surface area (Å²) >= 11 is 0. The lowest BCUT2D eigenvalue weighted by atomic mass is 10.1. The Balaban J connectivity index is 2.32. The molecule has 0 amide bonds. The van der Waals surface area contributed by atoms with Crippen molar-refractivity contribution in [1.29, 1.82) is 0 Å². The van der Waals surface area contributed by atoms with E-state index in [9.17, 15) is 0 Å². The fourth-order valence-corrected chi connectivity index (χ4v) is 1.82. The number of likely N-dealkylation sites (N-methyl/N-ethyl adjacent to an activating group) is 1. The van der Waals surface area contributed by atoms with Crippen LogP contribution < -0.4 is 10.1 Å². The molecule has 1 aromatic carbocycles. The first-order valence-electron chi connectivity index (χ1n) is 4.78. The average Bonchev–Trinajstić information content (AvgIpc) is 2.51. The van der Waals surface area contributed by atoms with Crippen LogP contribution in [0, 0.1) is 6.92 Å². The van der Waals surface area contributed by atoms with Crippen molar-refractivity contribution in [1.82, 2.24) is 5.32 Å². The van der Waals surface area contributed by atoms with E-state index in [0.717, 1.165) is 18.9 Å². The Hall–Kier alpha value is -1.02. The smallest absolute Gasteiger partial charge is 0.127 e. The van der Waals surface area contributed by atoms with Gasteiger partial charge >= 0.3 is 0 Å². The molecule has 0 fully saturated rings. The van der Waals surface area contributed by atoms with Gasteiger partial charge in [0.2, 0.25) is 0 Å². The number of benzene rings is 1. The van der Waals surface area contributed by atoms with E-state index in [2.05, 4.69) is 37.4 Å². The van der Waals surface area contributed by atoms with Crippen LogP contribution in [-0.4, -0.2) is 13.2 Å². The molecule has 1 aliphatic heterocycles. The zero-order valence-corrected chi connectivity index (χ0v) is 8.13. The van der Waals surface area contributed by atoms with Crippen LogP contribution in [0.4, 0.5) is 0 Å². The zero-order valence-electron chi connectivity index (χ0n) is 8.13. The van der Waals surface area contributed by atoms with E-state index >= 15 is 0 Å². The third kappa shape index (κ3) is 1.42. The highest BCUT2D eigenvalue weighted by Gasteiger charge is 2.23. The molecule has 0 bridgehead atoms. The normalized spacial score (nSPS) is 19.7. The molecule has 13 heavy (non-hydrogen) atoms. The van der Waals surface area contributed by atoms with Gasteiger partial charge < -0.3 is 10.1 Å². The van der Waals surface area contributed by atoms with Gasteiger partial charge in [0.1, 0.15) is 12.4 Å². The fourth-order valence-electron chi connectivity index (χ4n) is 1.82. The summed E-state index contributed by atoms with van der Waals surface area (Å²) in [4.78, 5) is 0. The molecule has 2 nitrogen and oxygen atoms in total. The molecule has 2 rings (SSSR count). The number of fused-ring (bicyclic) bond motifs is 1. The van der Waals surface area contributed by atoms with Crippen LogP contribution in [0.1, 0.15) is 24.1 Å². The largest absolute Gasteiger partial charge is 0.491 e. The lowest BCUT2D eigenvalue weighted by molar-refractivity contribution is 0.312. The van der Waals surface area contributed by atoms with E-state index < -0.39 is 0 Å². The third-order valence-electron chi connectivity index (χ3n) is 2.46. The first kappa shape index (κ1) is 8.57. The second kappa shape index (κ2) is 3.38. The van der Waals surface area contributed by atoms with Crippen LogP contribution in [0.2, 0.25) is 0 Å². The Morgan fingerprint density at radius 1 is 1.54 bits per heavy atom. The van der Waals surface area contributed by atoms with E-state index in [1.165, 1.54) is 11.1 Å². The first-order chi connectivity index (χ1) is 6.33. The Morgan fingerprint density at radius 3 is 3.15 bits per heavy atom. The van der Waals surface area contributed by atoms with Crippen LogP contribution in [-0.2, 0) is 0 Å². The second-order valence-electron chi connectivity index (χ2n) is 3.41. The molecule has 0 aromatic heterocycles. The standard InChI is InChI=1S/C11H15NO/c1-3-12-10-7-13-11-8(2)5-4-6-9(10)11/h4-6,10,12H,3,7H2,1-2H3. The van der Waals surface area contributed by atoms with Crippen molar-refractivity contribution >= 4 is 0 Å². The van der Waals surface area contributed by atoms with Crippen molar-refractivity contribution in [2.75, 3.05) is 13.2 Å². The number of para-hydroxylation sites is 1. The van der Waals surface area contributed by atoms with Crippen LogP contribution in [0.3, 0.4) is 0 Å². The molecular weight excluding hydrogens is 162 g/mol. The molecule has 0 radical (unpaired) electrons. The van der Waals surface area contributed by atoms with Crippen LogP contribution in [0.5, 0.6) is 5.75 Å². The minimum absolute atomic E-state index is 0.389. The van der Waals surface area contributed by atoms with Gasteiger partial charge in [0.15, 0.2) is 0 Å². The predicted octanol–water partition coefficient (Wildman–Crippen LogP) is 2.04. The number of nitrogens with one attached hydrogen (secondary N) is 1. The molecule has 1 heterocycles. The molecule has 1 aromatic rings. The molecule has 0 spiro atoms. The molecule has 0 saturated heterocycles. The van der Waals surface area contributed by atoms with Gasteiger partial charge in [-0.2, -0.15) is 0 Å². The monoisotopic (exact) mass is 177 g/mol. The zero-order chi connectivity index (χ0) is 9.26. The van der Waals surface area contributed by atoms with E-state index in [1.54, 1.807) is 0 Å². The minimum Gasteiger partial charge on any atom is -0.491 e. The lowest BCUT2D eigenvalue weighted by Gasteiger charge is -2.08. The fraction of sp³-hybridized carbons (Fsp3) is 0.455. The summed E-state index contributed by atoms with van der Waals surface area (Å²) in [6, 6.07) is 6.71. The maximum absolute atomic E-state index is 5.63. The number of aryl methyl sites for hydroxylation is 1. The molecule has 70 valence electrons. The summed E-state index contributed by atoms with van der Waals surface area (Å²) in [7, 11) is 0. The number of hydrogen-bond acceptors (Lipinski definition) is 2. The highest BCUT2D eigenvalue weighted by atomic mass is 16.5. The molecule has 1 unspecified atom stereocenters. The molecular formula is C11H15NO. The number of hydrogen-bond donors (Lipinski definition) is 1. The maximum atomic E-state index is 5.63. The lowest BCUT2D eigenvalue weighted by Crippen LogP contribution is -2.21. The maximum Gasteiger partial charge on any atom is 0.127 e. The molecule has 1 N–H and O–H groups in total. The van der Waals surface area contributed by atoms with Crippen molar-refractivity contribution < 1.29 is 4.74 Å². The number of ether oxygens (including phenoxy) is 1. The topological polar surface area (TPSA) is 21.3 Å². The van der Waals surface area contributed by atoms with Gasteiger partial charge in [-0.1, -0.05) is 25.1 Å².